The molecule has 1 fully saturated rings. The molecule has 0 aromatic heterocycles. The lowest BCUT2D eigenvalue weighted by molar-refractivity contribution is 0.282. The van der Waals surface area contributed by atoms with Crippen LogP contribution in [0.15, 0.2) is 0 Å². The zero-order valence-electron chi connectivity index (χ0n) is 9.98. The molecule has 2 N–H and O–H groups in total. The van der Waals surface area contributed by atoms with Gasteiger partial charge in [0.1, 0.15) is 0 Å². The monoisotopic (exact) mass is 249 g/mol. The van der Waals surface area contributed by atoms with Crippen molar-refractivity contribution in [1.82, 2.24) is 5.32 Å². The molecule has 0 aromatic carbocycles. The van der Waals surface area contributed by atoms with E-state index in [1.807, 2.05) is 0 Å². The Balaban J connectivity index is 2.12. The Hall–Kier alpha value is -0.130. The Morgan fingerprint density at radius 3 is 2.50 bits per heavy atom. The SMILES string of the molecule is C[C@@H](NCCCS(=O)(=O)O)C1CCCCC1. The summed E-state index contributed by atoms with van der Waals surface area (Å²) in [5, 5.41) is 3.35. The summed E-state index contributed by atoms with van der Waals surface area (Å²) in [4.78, 5) is 0. The Morgan fingerprint density at radius 2 is 1.94 bits per heavy atom. The van der Waals surface area contributed by atoms with Gasteiger partial charge in [-0.15, -0.1) is 0 Å². The highest BCUT2D eigenvalue weighted by Crippen LogP contribution is 2.26. The molecular weight excluding hydrogens is 226 g/mol. The van der Waals surface area contributed by atoms with Gasteiger partial charge in [0.05, 0.1) is 5.75 Å². The summed E-state index contributed by atoms with van der Waals surface area (Å²) in [6.07, 6.45) is 7.05. The molecule has 1 aliphatic rings. The zero-order chi connectivity index (χ0) is 12.0. The fraction of sp³-hybridized carbons (Fsp3) is 1.00. The number of rotatable bonds is 6. The highest BCUT2D eigenvalue weighted by atomic mass is 32.2. The van der Waals surface area contributed by atoms with Gasteiger partial charge < -0.3 is 5.32 Å². The normalized spacial score (nSPS) is 20.9. The van der Waals surface area contributed by atoms with Crippen molar-refractivity contribution in [2.24, 2.45) is 5.92 Å². The zero-order valence-corrected chi connectivity index (χ0v) is 10.8. The minimum atomic E-state index is -3.79. The van der Waals surface area contributed by atoms with Gasteiger partial charge in [-0.25, -0.2) is 0 Å². The molecule has 1 atom stereocenters. The van der Waals surface area contributed by atoms with Crippen LogP contribution in [-0.4, -0.2) is 31.3 Å². The third-order valence-corrected chi connectivity index (χ3v) is 4.21. The summed E-state index contributed by atoms with van der Waals surface area (Å²) in [5.41, 5.74) is 0. The maximum atomic E-state index is 10.5. The molecule has 0 radical (unpaired) electrons. The van der Waals surface area contributed by atoms with Crippen molar-refractivity contribution in [3.63, 3.8) is 0 Å². The summed E-state index contributed by atoms with van der Waals surface area (Å²) in [6.45, 7) is 2.83. The first kappa shape index (κ1) is 13.9. The van der Waals surface area contributed by atoms with Crippen LogP contribution in [0.3, 0.4) is 0 Å². The largest absolute Gasteiger partial charge is 0.314 e. The van der Waals surface area contributed by atoms with E-state index in [0.717, 1.165) is 5.92 Å². The highest BCUT2D eigenvalue weighted by Gasteiger charge is 2.19. The Labute approximate surface area is 98.6 Å². The van der Waals surface area contributed by atoms with Gasteiger partial charge in [-0.2, -0.15) is 8.42 Å². The van der Waals surface area contributed by atoms with Gasteiger partial charge in [0.2, 0.25) is 0 Å². The molecule has 0 amide bonds. The van der Waals surface area contributed by atoms with Crippen LogP contribution in [-0.2, 0) is 10.1 Å². The van der Waals surface area contributed by atoms with Crippen molar-refractivity contribution in [1.29, 1.82) is 0 Å². The summed E-state index contributed by atoms with van der Waals surface area (Å²) in [7, 11) is -3.79. The second-order valence-corrected chi connectivity index (χ2v) is 6.35. The molecule has 96 valence electrons. The molecule has 1 aliphatic carbocycles. The standard InChI is InChI=1S/C11H23NO3S/c1-10(11-6-3-2-4-7-11)12-8-5-9-16(13,14)15/h10-12H,2-9H2,1H3,(H,13,14,15)/t10-/m1/s1. The van der Waals surface area contributed by atoms with Crippen molar-refractivity contribution in [3.8, 4) is 0 Å². The van der Waals surface area contributed by atoms with E-state index in [9.17, 15) is 8.42 Å². The smallest absolute Gasteiger partial charge is 0.264 e. The predicted molar refractivity (Wildman–Crippen MR) is 65.1 cm³/mol. The van der Waals surface area contributed by atoms with E-state index in [4.69, 9.17) is 4.55 Å². The van der Waals surface area contributed by atoms with Crippen LogP contribution in [0.1, 0.15) is 45.4 Å². The lowest BCUT2D eigenvalue weighted by atomic mass is 9.84. The maximum absolute atomic E-state index is 10.5. The lowest BCUT2D eigenvalue weighted by Crippen LogP contribution is -2.35. The molecule has 0 saturated heterocycles. The van der Waals surface area contributed by atoms with E-state index in [1.54, 1.807) is 0 Å². The highest BCUT2D eigenvalue weighted by molar-refractivity contribution is 7.85. The molecular formula is C11H23NO3S. The minimum absolute atomic E-state index is 0.141. The van der Waals surface area contributed by atoms with E-state index in [-0.39, 0.29) is 5.75 Å². The molecule has 0 unspecified atom stereocenters. The molecule has 0 aliphatic heterocycles. The first-order chi connectivity index (χ1) is 7.49. The van der Waals surface area contributed by atoms with Gasteiger partial charge in [-0.05, 0) is 38.6 Å². The first-order valence-corrected chi connectivity index (χ1v) is 7.78. The molecule has 4 nitrogen and oxygen atoms in total. The summed E-state index contributed by atoms with van der Waals surface area (Å²) in [5.74, 6) is 0.594. The third kappa shape index (κ3) is 5.82. The molecule has 1 saturated carbocycles. The quantitative estimate of drug-likeness (QED) is 0.556. The van der Waals surface area contributed by atoms with E-state index in [1.165, 1.54) is 32.1 Å². The predicted octanol–water partition coefficient (Wildman–Crippen LogP) is 1.82. The van der Waals surface area contributed by atoms with Gasteiger partial charge in [-0.3, -0.25) is 4.55 Å². The number of hydrogen-bond acceptors (Lipinski definition) is 3. The Bertz CT molecular complexity index is 284. The summed E-state index contributed by atoms with van der Waals surface area (Å²) < 4.78 is 29.6. The second kappa shape index (κ2) is 6.57. The fourth-order valence-corrected chi connectivity index (χ4v) is 2.89. The topological polar surface area (TPSA) is 66.4 Å². The molecule has 1 rings (SSSR count). The van der Waals surface area contributed by atoms with Crippen LogP contribution in [0.25, 0.3) is 0 Å². The number of nitrogens with one attached hydrogen (secondary N) is 1. The summed E-state index contributed by atoms with van der Waals surface area (Å²) >= 11 is 0. The molecule has 0 aromatic rings. The molecule has 5 heteroatoms. The van der Waals surface area contributed by atoms with Gasteiger partial charge >= 0.3 is 0 Å². The lowest BCUT2D eigenvalue weighted by Gasteiger charge is -2.28. The van der Waals surface area contributed by atoms with E-state index < -0.39 is 10.1 Å². The Kier molecular flexibility index (Phi) is 5.72. The van der Waals surface area contributed by atoms with Crippen molar-refractivity contribution in [3.05, 3.63) is 0 Å². The fourth-order valence-electron chi connectivity index (χ4n) is 2.39. The Morgan fingerprint density at radius 1 is 1.31 bits per heavy atom. The van der Waals surface area contributed by atoms with Crippen LogP contribution in [0.5, 0.6) is 0 Å². The average molecular weight is 249 g/mol. The maximum Gasteiger partial charge on any atom is 0.264 e. The molecule has 0 bridgehead atoms. The van der Waals surface area contributed by atoms with E-state index in [0.29, 0.717) is 19.0 Å². The molecule has 0 spiro atoms. The minimum Gasteiger partial charge on any atom is -0.314 e. The van der Waals surface area contributed by atoms with Crippen LogP contribution in [0.2, 0.25) is 0 Å². The van der Waals surface area contributed by atoms with E-state index in [2.05, 4.69) is 12.2 Å². The van der Waals surface area contributed by atoms with Gasteiger partial charge in [0.25, 0.3) is 10.1 Å². The van der Waals surface area contributed by atoms with Gasteiger partial charge in [0, 0.05) is 6.04 Å². The van der Waals surface area contributed by atoms with Crippen LogP contribution in [0.4, 0.5) is 0 Å². The first-order valence-electron chi connectivity index (χ1n) is 6.17. The molecule has 0 heterocycles. The third-order valence-electron chi connectivity index (χ3n) is 3.40. The van der Waals surface area contributed by atoms with Crippen LogP contribution >= 0.6 is 0 Å². The van der Waals surface area contributed by atoms with Crippen molar-refractivity contribution in [2.45, 2.75) is 51.5 Å². The second-order valence-electron chi connectivity index (χ2n) is 4.78. The number of hydrogen-bond donors (Lipinski definition) is 2. The van der Waals surface area contributed by atoms with Gasteiger partial charge in [0.15, 0.2) is 0 Å². The van der Waals surface area contributed by atoms with Crippen molar-refractivity contribution < 1.29 is 13.0 Å². The van der Waals surface area contributed by atoms with Crippen molar-refractivity contribution >= 4 is 10.1 Å². The summed E-state index contributed by atoms with van der Waals surface area (Å²) in [6, 6.07) is 0.460. The van der Waals surface area contributed by atoms with E-state index >= 15 is 0 Å². The van der Waals surface area contributed by atoms with Crippen LogP contribution < -0.4 is 5.32 Å². The molecule has 16 heavy (non-hydrogen) atoms. The van der Waals surface area contributed by atoms with Crippen molar-refractivity contribution in [2.75, 3.05) is 12.3 Å². The average Bonchev–Trinajstić information content (AvgIpc) is 2.24. The van der Waals surface area contributed by atoms with Gasteiger partial charge in [-0.1, -0.05) is 19.3 Å². The van der Waals surface area contributed by atoms with Crippen LogP contribution in [0, 0.1) is 5.92 Å².